The van der Waals surface area contributed by atoms with Gasteiger partial charge >= 0.3 is 0 Å². The van der Waals surface area contributed by atoms with Gasteiger partial charge in [0.1, 0.15) is 4.90 Å². The monoisotopic (exact) mass is 286 g/mol. The minimum Gasteiger partial charge on any atom is -0.349 e. The third-order valence-electron chi connectivity index (χ3n) is 3.06. The van der Waals surface area contributed by atoms with E-state index in [9.17, 15) is 8.42 Å². The van der Waals surface area contributed by atoms with E-state index in [1.165, 1.54) is 17.9 Å². The molecule has 1 aliphatic rings. The Labute approximate surface area is 114 Å². The maximum Gasteiger partial charge on any atom is 0.254 e. The number of nitrogens with zero attached hydrogens (tertiary/aromatic N) is 2. The van der Waals surface area contributed by atoms with E-state index in [-0.39, 0.29) is 0 Å². The third kappa shape index (κ3) is 3.79. The molecule has 0 aromatic carbocycles. The highest BCUT2D eigenvalue weighted by Gasteiger charge is 2.22. The van der Waals surface area contributed by atoms with Crippen molar-refractivity contribution in [1.29, 1.82) is 0 Å². The quantitative estimate of drug-likeness (QED) is 0.717. The second-order valence-electron chi connectivity index (χ2n) is 5.10. The summed E-state index contributed by atoms with van der Waals surface area (Å²) in [6, 6.07) is 2.35. The Morgan fingerprint density at radius 1 is 1.42 bits per heavy atom. The van der Waals surface area contributed by atoms with Crippen molar-refractivity contribution in [2.24, 2.45) is 0 Å². The van der Waals surface area contributed by atoms with Crippen LogP contribution >= 0.6 is 0 Å². The van der Waals surface area contributed by atoms with Gasteiger partial charge in [-0.3, -0.25) is 0 Å². The van der Waals surface area contributed by atoms with Crippen molar-refractivity contribution >= 4 is 10.0 Å². The van der Waals surface area contributed by atoms with E-state index in [1.54, 1.807) is 26.4 Å². The van der Waals surface area contributed by atoms with Gasteiger partial charge in [0.2, 0.25) is 0 Å². The second kappa shape index (κ2) is 5.62. The number of aromatic nitrogens is 1. The summed E-state index contributed by atoms with van der Waals surface area (Å²) in [6.45, 7) is 3.49. The molecule has 0 saturated heterocycles. The fourth-order valence-electron chi connectivity index (χ4n) is 1.94. The second-order valence-corrected chi connectivity index (χ2v) is 6.76. The van der Waals surface area contributed by atoms with Crippen molar-refractivity contribution in [1.82, 2.24) is 19.7 Å². The fraction of sp³-hybridized carbons (Fsp3) is 0.667. The van der Waals surface area contributed by atoms with Crippen molar-refractivity contribution in [3.63, 3.8) is 0 Å². The Morgan fingerprint density at radius 3 is 2.63 bits per heavy atom. The molecule has 0 aliphatic heterocycles. The summed E-state index contributed by atoms with van der Waals surface area (Å²) in [7, 11) is -0.154. The van der Waals surface area contributed by atoms with Crippen molar-refractivity contribution in [3.8, 4) is 0 Å². The Bertz CT molecular complexity index is 532. The van der Waals surface area contributed by atoms with Gasteiger partial charge in [-0.05, 0) is 25.8 Å². The first kappa shape index (κ1) is 14.5. The normalized spacial score (nSPS) is 16.2. The summed E-state index contributed by atoms with van der Waals surface area (Å²) in [4.78, 5) is 2.76. The maximum atomic E-state index is 12.1. The smallest absolute Gasteiger partial charge is 0.254 e. The molecule has 0 radical (unpaired) electrons. The van der Waals surface area contributed by atoms with Crippen molar-refractivity contribution in [2.45, 2.75) is 43.8 Å². The molecule has 0 amide bonds. The number of hydrogen-bond donors (Lipinski definition) is 2. The Kier molecular flexibility index (Phi) is 4.29. The lowest BCUT2D eigenvalue weighted by atomic mass is 10.4. The number of sulfonamides is 1. The van der Waals surface area contributed by atoms with Crippen LogP contribution in [0, 0.1) is 0 Å². The van der Waals surface area contributed by atoms with E-state index < -0.39 is 10.0 Å². The predicted molar refractivity (Wildman–Crippen MR) is 74.0 cm³/mol. The Balaban J connectivity index is 2.16. The van der Waals surface area contributed by atoms with Gasteiger partial charge in [0.05, 0.1) is 0 Å². The number of rotatable bonds is 7. The van der Waals surface area contributed by atoms with Crippen LogP contribution in [0.15, 0.2) is 17.2 Å². The molecule has 1 aromatic rings. The fourth-order valence-corrected chi connectivity index (χ4v) is 3.09. The van der Waals surface area contributed by atoms with Crippen LogP contribution in [-0.2, 0) is 23.1 Å². The van der Waals surface area contributed by atoms with Crippen LogP contribution < -0.4 is 10.1 Å². The zero-order valence-electron chi connectivity index (χ0n) is 11.7. The predicted octanol–water partition coefficient (Wildman–Crippen LogP) is 0.515. The molecule has 0 unspecified atom stereocenters. The minimum atomic E-state index is -3.47. The van der Waals surface area contributed by atoms with Gasteiger partial charge in [0, 0.05) is 45.1 Å². The Morgan fingerprint density at radius 2 is 2.11 bits per heavy atom. The molecule has 2 N–H and O–H groups in total. The molecule has 0 atom stereocenters. The van der Waals surface area contributed by atoms with E-state index in [4.69, 9.17) is 0 Å². The molecule has 1 heterocycles. The molecule has 6 nitrogen and oxygen atoms in total. The van der Waals surface area contributed by atoms with Gasteiger partial charge in [-0.1, -0.05) is 0 Å². The van der Waals surface area contributed by atoms with Crippen molar-refractivity contribution in [2.75, 3.05) is 14.1 Å². The van der Waals surface area contributed by atoms with E-state index in [0.717, 1.165) is 18.8 Å². The van der Waals surface area contributed by atoms with Crippen LogP contribution in [0.2, 0.25) is 0 Å². The van der Waals surface area contributed by atoms with Gasteiger partial charge < -0.3 is 9.88 Å². The molecule has 19 heavy (non-hydrogen) atoms. The third-order valence-corrected chi connectivity index (χ3v) is 4.51. The Hall–Kier alpha value is -0.890. The highest BCUT2D eigenvalue weighted by atomic mass is 32.2. The number of aryl methyl sites for hydroxylation is 1. The highest BCUT2D eigenvalue weighted by molar-refractivity contribution is 7.89. The van der Waals surface area contributed by atoms with Crippen LogP contribution in [0.4, 0.5) is 0 Å². The average Bonchev–Trinajstić information content (AvgIpc) is 3.03. The van der Waals surface area contributed by atoms with Crippen LogP contribution in [0.3, 0.4) is 0 Å². The van der Waals surface area contributed by atoms with E-state index in [1.807, 2.05) is 11.5 Å². The van der Waals surface area contributed by atoms with Gasteiger partial charge in [-0.25, -0.2) is 13.4 Å². The summed E-state index contributed by atoms with van der Waals surface area (Å²) >= 11 is 0. The molecule has 7 heteroatoms. The van der Waals surface area contributed by atoms with Gasteiger partial charge in [-0.15, -0.1) is 4.83 Å². The highest BCUT2D eigenvalue weighted by Crippen LogP contribution is 2.20. The largest absolute Gasteiger partial charge is 0.349 e. The topological polar surface area (TPSA) is 66.4 Å². The van der Waals surface area contributed by atoms with Gasteiger partial charge in [0.15, 0.2) is 0 Å². The first-order valence-corrected chi connectivity index (χ1v) is 8.03. The molecule has 1 aliphatic carbocycles. The number of nitrogens with one attached hydrogen (secondary N) is 2. The SMILES string of the molecule is CCn1cc(S(=O)(=O)NN(C)C)cc1CNC1CC1. The molecule has 1 saturated carbocycles. The molecule has 1 fully saturated rings. The first-order valence-electron chi connectivity index (χ1n) is 6.54. The molecule has 108 valence electrons. The summed E-state index contributed by atoms with van der Waals surface area (Å²) in [5.74, 6) is 0. The lowest BCUT2D eigenvalue weighted by Gasteiger charge is -2.10. The van der Waals surface area contributed by atoms with Crippen LogP contribution in [0.25, 0.3) is 0 Å². The minimum absolute atomic E-state index is 0.315. The molecule has 0 spiro atoms. The van der Waals surface area contributed by atoms with Crippen LogP contribution in [0.5, 0.6) is 0 Å². The van der Waals surface area contributed by atoms with Gasteiger partial charge in [-0.2, -0.15) is 0 Å². The zero-order chi connectivity index (χ0) is 14.0. The van der Waals surface area contributed by atoms with E-state index in [0.29, 0.717) is 10.9 Å². The van der Waals surface area contributed by atoms with Crippen molar-refractivity contribution < 1.29 is 8.42 Å². The summed E-state index contributed by atoms with van der Waals surface area (Å²) in [5.41, 5.74) is 1.01. The van der Waals surface area contributed by atoms with E-state index >= 15 is 0 Å². The standard InChI is InChI=1S/C12H22N4O2S/c1-4-16-9-12(19(17,18)14-15(2)3)7-11(16)8-13-10-5-6-10/h7,9-10,13-14H,4-6,8H2,1-3H3. The molecule has 0 bridgehead atoms. The molecular formula is C12H22N4O2S. The van der Waals surface area contributed by atoms with E-state index in [2.05, 4.69) is 10.1 Å². The summed E-state index contributed by atoms with van der Waals surface area (Å²) in [5, 5.41) is 4.84. The maximum absolute atomic E-state index is 12.1. The van der Waals surface area contributed by atoms with Crippen LogP contribution in [0.1, 0.15) is 25.5 Å². The van der Waals surface area contributed by atoms with Crippen molar-refractivity contribution in [3.05, 3.63) is 18.0 Å². The lowest BCUT2D eigenvalue weighted by molar-refractivity contribution is 0.364. The molecule has 1 aromatic heterocycles. The number of hydrogen-bond acceptors (Lipinski definition) is 4. The number of hydrazine groups is 1. The first-order chi connectivity index (χ1) is 8.92. The zero-order valence-corrected chi connectivity index (χ0v) is 12.5. The summed E-state index contributed by atoms with van der Waals surface area (Å²) < 4.78 is 26.1. The van der Waals surface area contributed by atoms with Gasteiger partial charge in [0.25, 0.3) is 10.0 Å². The lowest BCUT2D eigenvalue weighted by Crippen LogP contribution is -2.35. The van der Waals surface area contributed by atoms with Crippen LogP contribution in [-0.4, -0.2) is 38.1 Å². The summed E-state index contributed by atoms with van der Waals surface area (Å²) in [6.07, 6.45) is 4.14. The molecule has 2 rings (SSSR count). The molecular weight excluding hydrogens is 264 g/mol. The average molecular weight is 286 g/mol.